The number of ether oxygens (including phenoxy) is 1. The summed E-state index contributed by atoms with van der Waals surface area (Å²) in [4.78, 5) is 2.25. The zero-order valence-corrected chi connectivity index (χ0v) is 11.7. The van der Waals surface area contributed by atoms with Crippen LogP contribution in [0.1, 0.15) is 25.6 Å². The predicted octanol–water partition coefficient (Wildman–Crippen LogP) is 2.15. The monoisotopic (exact) mass is 259 g/mol. The molecule has 0 spiro atoms. The van der Waals surface area contributed by atoms with E-state index in [0.29, 0.717) is 11.9 Å². The van der Waals surface area contributed by atoms with Crippen LogP contribution in [-0.4, -0.2) is 47.4 Å². The van der Waals surface area contributed by atoms with Crippen LogP contribution in [0, 0.1) is 0 Å². The fraction of sp³-hybridized carbons (Fsp3) is 0.750. The number of nitrogens with zero attached hydrogens (tertiary/aromatic N) is 3. The van der Waals surface area contributed by atoms with Gasteiger partial charge >= 0.3 is 0 Å². The van der Waals surface area contributed by atoms with E-state index in [-0.39, 0.29) is 0 Å². The Morgan fingerprint density at radius 2 is 2.24 bits per heavy atom. The van der Waals surface area contributed by atoms with Crippen molar-refractivity contribution in [3.8, 4) is 0 Å². The number of hydrogen-bond donors (Lipinski definition) is 0. The normalized spacial score (nSPS) is 11.6. The highest BCUT2D eigenvalue weighted by Gasteiger charge is 2.08. The number of methoxy groups -OCH3 is 1. The lowest BCUT2D eigenvalue weighted by Gasteiger charge is -2.19. The van der Waals surface area contributed by atoms with Gasteiger partial charge in [0.05, 0.1) is 12.3 Å². The Morgan fingerprint density at radius 3 is 2.76 bits per heavy atom. The van der Waals surface area contributed by atoms with Gasteiger partial charge in [0.15, 0.2) is 0 Å². The smallest absolute Gasteiger partial charge is 0.0764 e. The Bertz CT molecular complexity index is 314. The maximum Gasteiger partial charge on any atom is 0.0764 e. The van der Waals surface area contributed by atoms with Gasteiger partial charge in [-0.2, -0.15) is 5.10 Å². The number of halogens is 1. The van der Waals surface area contributed by atoms with Gasteiger partial charge in [-0.15, -0.1) is 11.6 Å². The van der Waals surface area contributed by atoms with E-state index in [4.69, 9.17) is 16.3 Å². The first kappa shape index (κ1) is 14.5. The Morgan fingerprint density at radius 1 is 1.47 bits per heavy atom. The molecule has 4 nitrogen and oxygen atoms in total. The lowest BCUT2D eigenvalue weighted by Crippen LogP contribution is -2.29. The molecule has 1 rings (SSSR count). The molecule has 0 N–H and O–H groups in total. The van der Waals surface area contributed by atoms with Gasteiger partial charge in [0.25, 0.3) is 0 Å². The van der Waals surface area contributed by atoms with Crippen molar-refractivity contribution < 1.29 is 4.74 Å². The molecule has 0 atom stereocenters. The molecule has 0 saturated carbocycles. The first-order valence-electron chi connectivity index (χ1n) is 5.98. The Kier molecular flexibility index (Phi) is 6.55. The molecule has 0 bridgehead atoms. The summed E-state index contributed by atoms with van der Waals surface area (Å²) in [6.07, 6.45) is 2.02. The van der Waals surface area contributed by atoms with Crippen LogP contribution in [0.2, 0.25) is 0 Å². The van der Waals surface area contributed by atoms with Gasteiger partial charge in [-0.1, -0.05) is 0 Å². The van der Waals surface area contributed by atoms with Gasteiger partial charge in [-0.25, -0.2) is 0 Å². The second kappa shape index (κ2) is 7.69. The van der Waals surface area contributed by atoms with Crippen LogP contribution in [0.3, 0.4) is 0 Å². The van der Waals surface area contributed by atoms with Crippen molar-refractivity contribution in [1.82, 2.24) is 14.7 Å². The molecule has 0 radical (unpaired) electrons. The molecule has 0 aliphatic heterocycles. The third kappa shape index (κ3) is 5.06. The summed E-state index contributed by atoms with van der Waals surface area (Å²) in [5.74, 6) is 0.634. The molecular weight excluding hydrogens is 238 g/mol. The van der Waals surface area contributed by atoms with Gasteiger partial charge in [0, 0.05) is 44.9 Å². The van der Waals surface area contributed by atoms with Gasteiger partial charge in [0.1, 0.15) is 0 Å². The van der Waals surface area contributed by atoms with Crippen molar-refractivity contribution >= 4 is 11.6 Å². The molecule has 0 fully saturated rings. The maximum absolute atomic E-state index is 5.79. The molecule has 98 valence electrons. The predicted molar refractivity (Wildman–Crippen MR) is 70.5 cm³/mol. The summed E-state index contributed by atoms with van der Waals surface area (Å²) in [6.45, 7) is 7.55. The molecule has 0 aliphatic rings. The topological polar surface area (TPSA) is 30.3 Å². The average molecular weight is 260 g/mol. The Balaban J connectivity index is 2.52. The number of rotatable bonds is 8. The largest absolute Gasteiger partial charge is 0.383 e. The molecule has 0 aromatic carbocycles. The molecule has 0 unspecified atom stereocenters. The van der Waals surface area contributed by atoms with Crippen molar-refractivity contribution in [2.75, 3.05) is 32.7 Å². The summed E-state index contributed by atoms with van der Waals surface area (Å²) >= 11 is 5.79. The van der Waals surface area contributed by atoms with Crippen LogP contribution < -0.4 is 0 Å². The first-order chi connectivity index (χ1) is 8.17. The van der Waals surface area contributed by atoms with E-state index >= 15 is 0 Å². The average Bonchev–Trinajstić information content (AvgIpc) is 2.75. The van der Waals surface area contributed by atoms with Crippen LogP contribution >= 0.6 is 11.6 Å². The summed E-state index contributed by atoms with van der Waals surface area (Å²) in [7, 11) is 1.71. The van der Waals surface area contributed by atoms with E-state index in [9.17, 15) is 0 Å². The minimum atomic E-state index is 0.407. The highest BCUT2D eigenvalue weighted by molar-refractivity contribution is 6.18. The maximum atomic E-state index is 5.79. The minimum Gasteiger partial charge on any atom is -0.383 e. The number of hydrogen-bond acceptors (Lipinski definition) is 3. The second-order valence-corrected chi connectivity index (χ2v) is 4.72. The number of alkyl halides is 1. The molecule has 1 aromatic heterocycles. The van der Waals surface area contributed by atoms with E-state index in [1.165, 1.54) is 0 Å². The van der Waals surface area contributed by atoms with Crippen molar-refractivity contribution in [2.45, 2.75) is 26.4 Å². The minimum absolute atomic E-state index is 0.407. The molecule has 1 aromatic rings. The molecule has 5 heteroatoms. The molecular formula is C12H22ClN3O. The van der Waals surface area contributed by atoms with E-state index in [1.54, 1.807) is 7.11 Å². The SMILES string of the molecule is COCCN(CCCl)Cc1ccn(C(C)C)n1. The molecule has 0 amide bonds. The third-order valence-corrected chi connectivity index (χ3v) is 2.76. The highest BCUT2D eigenvalue weighted by atomic mass is 35.5. The van der Waals surface area contributed by atoms with Gasteiger partial charge in [-0.05, 0) is 19.9 Å². The van der Waals surface area contributed by atoms with E-state index in [2.05, 4.69) is 29.9 Å². The van der Waals surface area contributed by atoms with Gasteiger partial charge < -0.3 is 4.74 Å². The third-order valence-electron chi connectivity index (χ3n) is 2.59. The van der Waals surface area contributed by atoms with Crippen LogP contribution in [0.4, 0.5) is 0 Å². The van der Waals surface area contributed by atoms with E-state index in [1.807, 2.05) is 10.9 Å². The quantitative estimate of drug-likeness (QED) is 0.670. The standard InChI is InChI=1S/C12H22ClN3O/c1-11(2)16-6-4-12(14-16)10-15(7-5-13)8-9-17-3/h4,6,11H,5,7-10H2,1-3H3. The Hall–Kier alpha value is -0.580. The van der Waals surface area contributed by atoms with Crippen LogP contribution in [-0.2, 0) is 11.3 Å². The fourth-order valence-corrected chi connectivity index (χ4v) is 1.83. The Labute approximate surface area is 108 Å². The lowest BCUT2D eigenvalue weighted by molar-refractivity contribution is 0.147. The van der Waals surface area contributed by atoms with Crippen molar-refractivity contribution in [1.29, 1.82) is 0 Å². The molecule has 1 heterocycles. The second-order valence-electron chi connectivity index (χ2n) is 4.34. The zero-order valence-electron chi connectivity index (χ0n) is 10.9. The van der Waals surface area contributed by atoms with Gasteiger partial charge in [0.2, 0.25) is 0 Å². The number of aromatic nitrogens is 2. The van der Waals surface area contributed by atoms with Crippen molar-refractivity contribution in [3.63, 3.8) is 0 Å². The zero-order chi connectivity index (χ0) is 12.7. The summed E-state index contributed by atoms with van der Waals surface area (Å²) in [5.41, 5.74) is 1.08. The first-order valence-corrected chi connectivity index (χ1v) is 6.52. The highest BCUT2D eigenvalue weighted by Crippen LogP contribution is 2.07. The van der Waals surface area contributed by atoms with Crippen LogP contribution in [0.15, 0.2) is 12.3 Å². The molecule has 0 saturated heterocycles. The summed E-state index contributed by atoms with van der Waals surface area (Å²) in [5, 5.41) is 4.53. The lowest BCUT2D eigenvalue weighted by atomic mass is 10.4. The van der Waals surface area contributed by atoms with Crippen LogP contribution in [0.5, 0.6) is 0 Å². The van der Waals surface area contributed by atoms with Crippen molar-refractivity contribution in [3.05, 3.63) is 18.0 Å². The molecule has 17 heavy (non-hydrogen) atoms. The molecule has 0 aliphatic carbocycles. The van der Waals surface area contributed by atoms with Crippen molar-refractivity contribution in [2.24, 2.45) is 0 Å². The summed E-state index contributed by atoms with van der Waals surface area (Å²) in [6, 6.07) is 2.47. The van der Waals surface area contributed by atoms with E-state index < -0.39 is 0 Å². The van der Waals surface area contributed by atoms with E-state index in [0.717, 1.165) is 31.9 Å². The summed E-state index contributed by atoms with van der Waals surface area (Å²) < 4.78 is 7.07. The fourth-order valence-electron chi connectivity index (χ4n) is 1.59. The van der Waals surface area contributed by atoms with Gasteiger partial charge in [-0.3, -0.25) is 9.58 Å². The van der Waals surface area contributed by atoms with Crippen LogP contribution in [0.25, 0.3) is 0 Å².